The SMILES string of the molecule is O=Cc1ncccc1[S+]([O-])c1ccccc1. The van der Waals surface area contributed by atoms with Crippen molar-refractivity contribution >= 4 is 17.5 Å². The minimum atomic E-state index is -1.35. The van der Waals surface area contributed by atoms with Gasteiger partial charge in [0, 0.05) is 17.4 Å². The maximum Gasteiger partial charge on any atom is 0.187 e. The molecule has 16 heavy (non-hydrogen) atoms. The predicted octanol–water partition coefficient (Wildman–Crippen LogP) is 2.06. The molecule has 0 amide bonds. The van der Waals surface area contributed by atoms with Crippen molar-refractivity contribution in [2.45, 2.75) is 9.79 Å². The summed E-state index contributed by atoms with van der Waals surface area (Å²) in [6.07, 6.45) is 2.13. The number of aldehydes is 1. The number of nitrogens with zero attached hydrogens (tertiary/aromatic N) is 1. The topological polar surface area (TPSA) is 53.0 Å². The predicted molar refractivity (Wildman–Crippen MR) is 60.7 cm³/mol. The lowest BCUT2D eigenvalue weighted by Gasteiger charge is -2.10. The third kappa shape index (κ3) is 2.13. The van der Waals surface area contributed by atoms with Gasteiger partial charge >= 0.3 is 0 Å². The quantitative estimate of drug-likeness (QED) is 0.600. The Bertz CT molecular complexity index is 487. The molecule has 3 nitrogen and oxygen atoms in total. The number of hydrogen-bond donors (Lipinski definition) is 0. The van der Waals surface area contributed by atoms with Crippen molar-refractivity contribution in [3.63, 3.8) is 0 Å². The minimum absolute atomic E-state index is 0.227. The summed E-state index contributed by atoms with van der Waals surface area (Å²) in [6, 6.07) is 12.3. The lowest BCUT2D eigenvalue weighted by molar-refractivity contribution is 0.111. The largest absolute Gasteiger partial charge is 0.606 e. The van der Waals surface area contributed by atoms with E-state index in [9.17, 15) is 9.35 Å². The molecule has 0 bridgehead atoms. The lowest BCUT2D eigenvalue weighted by atomic mass is 10.4. The van der Waals surface area contributed by atoms with Gasteiger partial charge in [0.25, 0.3) is 0 Å². The van der Waals surface area contributed by atoms with Crippen LogP contribution in [0, 0.1) is 0 Å². The molecule has 1 aromatic heterocycles. The maximum absolute atomic E-state index is 12.1. The molecule has 1 aromatic carbocycles. The smallest absolute Gasteiger partial charge is 0.187 e. The van der Waals surface area contributed by atoms with Gasteiger partial charge < -0.3 is 4.55 Å². The van der Waals surface area contributed by atoms with Crippen LogP contribution in [0.4, 0.5) is 0 Å². The average molecular weight is 231 g/mol. The highest BCUT2D eigenvalue weighted by molar-refractivity contribution is 7.91. The second-order valence-corrected chi connectivity index (χ2v) is 4.54. The number of carbonyl (C=O) groups excluding carboxylic acids is 1. The van der Waals surface area contributed by atoms with Gasteiger partial charge in [-0.3, -0.25) is 4.79 Å². The van der Waals surface area contributed by atoms with Gasteiger partial charge in [0.15, 0.2) is 21.8 Å². The fourth-order valence-corrected chi connectivity index (χ4v) is 2.47. The summed E-state index contributed by atoms with van der Waals surface area (Å²) in [7, 11) is 0. The van der Waals surface area contributed by atoms with Gasteiger partial charge in [-0.1, -0.05) is 18.2 Å². The minimum Gasteiger partial charge on any atom is -0.606 e. The van der Waals surface area contributed by atoms with E-state index in [0.717, 1.165) is 0 Å². The van der Waals surface area contributed by atoms with Crippen molar-refractivity contribution in [2.24, 2.45) is 0 Å². The van der Waals surface area contributed by atoms with Gasteiger partial charge in [0.2, 0.25) is 0 Å². The van der Waals surface area contributed by atoms with Crippen molar-refractivity contribution in [1.82, 2.24) is 4.98 Å². The molecule has 0 fully saturated rings. The highest BCUT2D eigenvalue weighted by atomic mass is 32.2. The number of aromatic nitrogens is 1. The first-order valence-electron chi connectivity index (χ1n) is 4.70. The van der Waals surface area contributed by atoms with Crippen molar-refractivity contribution in [1.29, 1.82) is 0 Å². The van der Waals surface area contributed by atoms with Crippen molar-refractivity contribution in [3.8, 4) is 0 Å². The molecule has 1 atom stereocenters. The molecule has 2 aromatic rings. The summed E-state index contributed by atoms with van der Waals surface area (Å²) in [4.78, 5) is 15.8. The molecule has 1 unspecified atom stereocenters. The monoisotopic (exact) mass is 231 g/mol. The Kier molecular flexibility index (Phi) is 3.34. The average Bonchev–Trinajstić information content (AvgIpc) is 2.39. The summed E-state index contributed by atoms with van der Waals surface area (Å²) >= 11 is -1.35. The Morgan fingerprint density at radius 3 is 2.56 bits per heavy atom. The lowest BCUT2D eigenvalue weighted by Crippen LogP contribution is -2.06. The van der Waals surface area contributed by atoms with Gasteiger partial charge in [0.05, 0.1) is 0 Å². The van der Waals surface area contributed by atoms with Gasteiger partial charge in [-0.15, -0.1) is 0 Å². The molecule has 4 heteroatoms. The molecule has 80 valence electrons. The van der Waals surface area contributed by atoms with Crippen LogP contribution in [0.2, 0.25) is 0 Å². The summed E-state index contributed by atoms with van der Waals surface area (Å²) in [5.74, 6) is 0. The summed E-state index contributed by atoms with van der Waals surface area (Å²) < 4.78 is 12.1. The molecule has 0 aliphatic carbocycles. The fraction of sp³-hybridized carbons (Fsp3) is 0. The summed E-state index contributed by atoms with van der Waals surface area (Å²) in [5.41, 5.74) is 0.227. The van der Waals surface area contributed by atoms with Crippen LogP contribution in [-0.4, -0.2) is 15.8 Å². The maximum atomic E-state index is 12.1. The number of pyridine rings is 1. The summed E-state index contributed by atoms with van der Waals surface area (Å²) in [5, 5.41) is 0. The van der Waals surface area contributed by atoms with E-state index in [1.807, 2.05) is 18.2 Å². The van der Waals surface area contributed by atoms with Gasteiger partial charge in [-0.2, -0.15) is 0 Å². The van der Waals surface area contributed by atoms with Gasteiger partial charge in [0.1, 0.15) is 0 Å². The Hall–Kier alpha value is -1.65. The molecule has 0 saturated carbocycles. The Morgan fingerprint density at radius 1 is 1.12 bits per heavy atom. The zero-order valence-corrected chi connectivity index (χ0v) is 9.18. The molecular formula is C12H9NO2S. The second-order valence-electron chi connectivity index (χ2n) is 3.09. The zero-order valence-electron chi connectivity index (χ0n) is 8.37. The van der Waals surface area contributed by atoms with Crippen LogP contribution in [0.25, 0.3) is 0 Å². The number of benzene rings is 1. The zero-order chi connectivity index (χ0) is 11.4. The van der Waals surface area contributed by atoms with E-state index in [1.165, 1.54) is 6.20 Å². The Labute approximate surface area is 96.3 Å². The van der Waals surface area contributed by atoms with E-state index in [4.69, 9.17) is 0 Å². The first kappa shape index (κ1) is 10.9. The van der Waals surface area contributed by atoms with Crippen molar-refractivity contribution in [2.75, 3.05) is 0 Å². The first-order chi connectivity index (χ1) is 7.83. The first-order valence-corrected chi connectivity index (χ1v) is 5.85. The number of carbonyl (C=O) groups is 1. The normalized spacial score (nSPS) is 12.1. The van der Waals surface area contributed by atoms with Crippen LogP contribution >= 0.6 is 0 Å². The van der Waals surface area contributed by atoms with Crippen LogP contribution in [0.5, 0.6) is 0 Å². The molecule has 0 aliphatic rings. The van der Waals surface area contributed by atoms with Gasteiger partial charge in [-0.05, 0) is 24.3 Å². The molecule has 2 rings (SSSR count). The van der Waals surface area contributed by atoms with Crippen LogP contribution in [0.3, 0.4) is 0 Å². The van der Waals surface area contributed by atoms with E-state index >= 15 is 0 Å². The number of rotatable bonds is 3. The standard InChI is InChI=1S/C12H9NO2S/c14-9-11-12(7-4-8-13-11)16(15)10-5-2-1-3-6-10/h1-9H. The second kappa shape index (κ2) is 4.92. The molecule has 0 aliphatic heterocycles. The summed E-state index contributed by atoms with van der Waals surface area (Å²) in [6.45, 7) is 0. The van der Waals surface area contributed by atoms with Crippen LogP contribution in [0.1, 0.15) is 10.5 Å². The van der Waals surface area contributed by atoms with Crippen LogP contribution in [0.15, 0.2) is 58.5 Å². The fourth-order valence-electron chi connectivity index (χ4n) is 1.32. The highest BCUT2D eigenvalue weighted by Crippen LogP contribution is 2.21. The van der Waals surface area contributed by atoms with Gasteiger partial charge in [-0.25, -0.2) is 4.98 Å². The highest BCUT2D eigenvalue weighted by Gasteiger charge is 2.18. The van der Waals surface area contributed by atoms with Crippen LogP contribution < -0.4 is 0 Å². The Balaban J connectivity index is 2.41. The van der Waals surface area contributed by atoms with E-state index < -0.39 is 11.2 Å². The third-order valence-corrected chi connectivity index (χ3v) is 3.51. The molecule has 0 saturated heterocycles. The van der Waals surface area contributed by atoms with Crippen molar-refractivity contribution < 1.29 is 9.35 Å². The molecule has 0 N–H and O–H groups in total. The number of hydrogen-bond acceptors (Lipinski definition) is 3. The van der Waals surface area contributed by atoms with Crippen molar-refractivity contribution in [3.05, 3.63) is 54.4 Å². The molecule has 0 radical (unpaired) electrons. The van der Waals surface area contributed by atoms with Crippen LogP contribution in [-0.2, 0) is 11.2 Å². The molecule has 0 spiro atoms. The van der Waals surface area contributed by atoms with E-state index in [0.29, 0.717) is 16.1 Å². The van der Waals surface area contributed by atoms with E-state index in [-0.39, 0.29) is 5.69 Å². The van der Waals surface area contributed by atoms with E-state index in [1.54, 1.807) is 24.3 Å². The molecule has 1 heterocycles. The van der Waals surface area contributed by atoms with E-state index in [2.05, 4.69) is 4.98 Å². The molecular weight excluding hydrogens is 222 g/mol. The third-order valence-electron chi connectivity index (χ3n) is 2.07. The Morgan fingerprint density at radius 2 is 1.88 bits per heavy atom.